The smallest absolute Gasteiger partial charge is 0.287 e. The highest BCUT2D eigenvalue weighted by atomic mass is 32.2. The normalized spacial score (nSPS) is 15.1. The predicted molar refractivity (Wildman–Crippen MR) is 121 cm³/mol. The van der Waals surface area contributed by atoms with Crippen molar-refractivity contribution in [1.82, 2.24) is 10.3 Å². The van der Waals surface area contributed by atoms with E-state index in [4.69, 9.17) is 4.42 Å². The molecule has 1 aliphatic heterocycles. The van der Waals surface area contributed by atoms with E-state index in [0.29, 0.717) is 16.5 Å². The van der Waals surface area contributed by atoms with E-state index in [1.807, 2.05) is 12.1 Å². The molecule has 3 aromatic rings. The first-order valence-corrected chi connectivity index (χ1v) is 12.6. The Morgan fingerprint density at radius 2 is 1.84 bits per heavy atom. The molecule has 31 heavy (non-hydrogen) atoms. The van der Waals surface area contributed by atoms with Crippen LogP contribution in [-0.4, -0.2) is 38.7 Å². The van der Waals surface area contributed by atoms with Gasteiger partial charge in [-0.25, -0.2) is 13.4 Å². The van der Waals surface area contributed by atoms with Gasteiger partial charge in [-0.2, -0.15) is 0 Å². The van der Waals surface area contributed by atoms with E-state index < -0.39 is 15.7 Å². The third kappa shape index (κ3) is 5.25. The van der Waals surface area contributed by atoms with E-state index in [1.165, 1.54) is 25.7 Å². The van der Waals surface area contributed by atoms with Crippen LogP contribution in [0, 0.1) is 0 Å². The number of benzene rings is 1. The van der Waals surface area contributed by atoms with Crippen molar-refractivity contribution >= 4 is 32.5 Å². The maximum absolute atomic E-state index is 12.8. The van der Waals surface area contributed by atoms with E-state index in [1.54, 1.807) is 30.5 Å². The highest BCUT2D eigenvalue weighted by molar-refractivity contribution is 7.89. The predicted octanol–water partition coefficient (Wildman–Crippen LogP) is 3.68. The summed E-state index contributed by atoms with van der Waals surface area (Å²) in [6.07, 6.45) is 7.83. The van der Waals surface area contributed by atoms with Crippen molar-refractivity contribution in [2.75, 3.05) is 24.2 Å². The van der Waals surface area contributed by atoms with Gasteiger partial charge < -0.3 is 14.6 Å². The minimum Gasteiger partial charge on any atom is -0.451 e. The van der Waals surface area contributed by atoms with Crippen LogP contribution in [-0.2, 0) is 22.1 Å². The number of hydrogen-bond acceptors (Lipinski definition) is 6. The Kier molecular flexibility index (Phi) is 6.27. The molecule has 3 heterocycles. The SMILES string of the molecule is CS(=O)(=O)Cc1c(C(=O)NCc2ccc(N3CCCCCC3)nc2)oc2ccccc12. The van der Waals surface area contributed by atoms with Crippen molar-refractivity contribution < 1.29 is 17.6 Å². The van der Waals surface area contributed by atoms with Crippen LogP contribution in [0.25, 0.3) is 11.0 Å². The highest BCUT2D eigenvalue weighted by Gasteiger charge is 2.23. The third-order valence-electron chi connectivity index (χ3n) is 5.50. The Hall–Kier alpha value is -2.87. The van der Waals surface area contributed by atoms with Gasteiger partial charge in [-0.3, -0.25) is 4.79 Å². The zero-order valence-corrected chi connectivity index (χ0v) is 18.5. The van der Waals surface area contributed by atoms with Crippen molar-refractivity contribution in [2.45, 2.75) is 38.0 Å². The fourth-order valence-electron chi connectivity index (χ4n) is 3.96. The van der Waals surface area contributed by atoms with Gasteiger partial charge >= 0.3 is 0 Å². The fraction of sp³-hybridized carbons (Fsp3) is 0.391. The summed E-state index contributed by atoms with van der Waals surface area (Å²) in [5.74, 6) is 0.315. The van der Waals surface area contributed by atoms with Gasteiger partial charge in [0.2, 0.25) is 0 Å². The lowest BCUT2D eigenvalue weighted by Crippen LogP contribution is -2.25. The Labute approximate surface area is 182 Å². The number of fused-ring (bicyclic) bond motifs is 1. The zero-order valence-electron chi connectivity index (χ0n) is 17.6. The molecule has 1 aliphatic rings. The molecule has 1 amide bonds. The standard InChI is InChI=1S/C23H27N3O4S/c1-31(28,29)16-19-18-8-4-5-9-20(18)30-22(19)23(27)25-15-17-10-11-21(24-14-17)26-12-6-2-3-7-13-26/h4-5,8-11,14H,2-3,6-7,12-13,15-16H2,1H3,(H,25,27). The van der Waals surface area contributed by atoms with Crippen LogP contribution in [0.5, 0.6) is 0 Å². The molecule has 8 heteroatoms. The van der Waals surface area contributed by atoms with Gasteiger partial charge in [0.15, 0.2) is 15.6 Å². The maximum Gasteiger partial charge on any atom is 0.287 e. The lowest BCUT2D eigenvalue weighted by atomic mass is 10.1. The number of furan rings is 1. The Morgan fingerprint density at radius 1 is 1.10 bits per heavy atom. The number of nitrogens with zero attached hydrogens (tertiary/aromatic N) is 2. The van der Waals surface area contributed by atoms with Gasteiger partial charge in [0.25, 0.3) is 5.91 Å². The number of amides is 1. The fourth-order valence-corrected chi connectivity index (χ4v) is 4.77. The molecule has 1 aromatic carbocycles. The molecular weight excluding hydrogens is 414 g/mol. The zero-order chi connectivity index (χ0) is 21.8. The van der Waals surface area contributed by atoms with Gasteiger partial charge in [-0.15, -0.1) is 0 Å². The summed E-state index contributed by atoms with van der Waals surface area (Å²) in [4.78, 5) is 19.7. The molecule has 1 saturated heterocycles. The van der Waals surface area contributed by atoms with Crippen LogP contribution in [0.4, 0.5) is 5.82 Å². The molecule has 0 atom stereocenters. The number of pyridine rings is 1. The summed E-state index contributed by atoms with van der Waals surface area (Å²) >= 11 is 0. The molecule has 0 radical (unpaired) electrons. The minimum atomic E-state index is -3.33. The van der Waals surface area contributed by atoms with Crippen LogP contribution in [0.15, 0.2) is 47.0 Å². The average Bonchev–Trinajstić information content (AvgIpc) is 2.91. The third-order valence-corrected chi connectivity index (χ3v) is 6.32. The van der Waals surface area contributed by atoms with Crippen LogP contribution in [0.2, 0.25) is 0 Å². The first kappa shape index (κ1) is 21.4. The number of aromatic nitrogens is 1. The summed E-state index contributed by atoms with van der Waals surface area (Å²) in [7, 11) is -3.33. The molecule has 0 unspecified atom stereocenters. The number of rotatable bonds is 6. The summed E-state index contributed by atoms with van der Waals surface area (Å²) in [6.45, 7) is 2.33. The summed E-state index contributed by atoms with van der Waals surface area (Å²) in [5, 5.41) is 3.47. The lowest BCUT2D eigenvalue weighted by molar-refractivity contribution is 0.0924. The van der Waals surface area contributed by atoms with Gasteiger partial charge in [0, 0.05) is 43.0 Å². The first-order chi connectivity index (χ1) is 14.9. The monoisotopic (exact) mass is 441 g/mol. The molecule has 0 spiro atoms. The van der Waals surface area contributed by atoms with E-state index in [-0.39, 0.29) is 18.1 Å². The molecule has 1 N–H and O–H groups in total. The summed E-state index contributed by atoms with van der Waals surface area (Å²) in [6, 6.07) is 11.0. The summed E-state index contributed by atoms with van der Waals surface area (Å²) in [5.41, 5.74) is 1.76. The maximum atomic E-state index is 12.8. The van der Waals surface area contributed by atoms with Gasteiger partial charge in [0.05, 0.1) is 5.75 Å². The van der Waals surface area contributed by atoms with E-state index >= 15 is 0 Å². The molecule has 7 nitrogen and oxygen atoms in total. The topological polar surface area (TPSA) is 92.5 Å². The number of nitrogens with one attached hydrogen (secondary N) is 1. The minimum absolute atomic E-state index is 0.0424. The van der Waals surface area contributed by atoms with E-state index in [0.717, 1.165) is 30.7 Å². The second-order valence-corrected chi connectivity index (χ2v) is 10.2. The molecule has 0 aliphatic carbocycles. The van der Waals surface area contributed by atoms with E-state index in [9.17, 15) is 13.2 Å². The summed E-state index contributed by atoms with van der Waals surface area (Å²) < 4.78 is 29.5. The second kappa shape index (κ2) is 9.09. The first-order valence-electron chi connectivity index (χ1n) is 10.6. The number of carbonyl (C=O) groups excluding carboxylic acids is 1. The van der Waals surface area contributed by atoms with Crippen LogP contribution in [0.3, 0.4) is 0 Å². The van der Waals surface area contributed by atoms with Crippen LogP contribution >= 0.6 is 0 Å². The molecule has 0 saturated carbocycles. The van der Waals surface area contributed by atoms with Crippen molar-refractivity contribution in [3.05, 3.63) is 59.5 Å². The quantitative estimate of drug-likeness (QED) is 0.627. The number of hydrogen-bond donors (Lipinski definition) is 1. The van der Waals surface area contributed by atoms with Crippen molar-refractivity contribution in [3.8, 4) is 0 Å². The van der Waals surface area contributed by atoms with Crippen molar-refractivity contribution in [3.63, 3.8) is 0 Å². The van der Waals surface area contributed by atoms with Crippen molar-refractivity contribution in [1.29, 1.82) is 0 Å². The Morgan fingerprint density at radius 3 is 2.52 bits per heavy atom. The molecule has 4 rings (SSSR count). The molecule has 2 aromatic heterocycles. The molecule has 1 fully saturated rings. The Bertz CT molecular complexity index is 1160. The second-order valence-electron chi connectivity index (χ2n) is 8.08. The molecule has 0 bridgehead atoms. The number of anilines is 1. The number of carbonyl (C=O) groups is 1. The largest absolute Gasteiger partial charge is 0.451 e. The van der Waals surface area contributed by atoms with Gasteiger partial charge in [-0.05, 0) is 30.5 Å². The van der Waals surface area contributed by atoms with Gasteiger partial charge in [0.1, 0.15) is 11.4 Å². The molecular formula is C23H27N3O4S. The number of sulfone groups is 1. The van der Waals surface area contributed by atoms with Crippen LogP contribution < -0.4 is 10.2 Å². The lowest BCUT2D eigenvalue weighted by Gasteiger charge is -2.21. The number of para-hydroxylation sites is 1. The van der Waals surface area contributed by atoms with Crippen LogP contribution in [0.1, 0.15) is 47.4 Å². The average molecular weight is 442 g/mol. The van der Waals surface area contributed by atoms with Crippen molar-refractivity contribution in [2.24, 2.45) is 0 Å². The highest BCUT2D eigenvalue weighted by Crippen LogP contribution is 2.27. The van der Waals surface area contributed by atoms with Gasteiger partial charge in [-0.1, -0.05) is 37.1 Å². The molecule has 164 valence electrons. The van der Waals surface area contributed by atoms with E-state index in [2.05, 4.69) is 15.2 Å². The Balaban J connectivity index is 1.47.